The van der Waals surface area contributed by atoms with Crippen LogP contribution in [0.15, 0.2) is 24.3 Å². The summed E-state index contributed by atoms with van der Waals surface area (Å²) in [5.74, 6) is 5.49. The molecule has 1 amide bonds. The van der Waals surface area contributed by atoms with Crippen LogP contribution in [-0.2, 0) is 16.1 Å². The summed E-state index contributed by atoms with van der Waals surface area (Å²) in [5.41, 5.74) is 3.05. The van der Waals surface area contributed by atoms with E-state index >= 15 is 0 Å². The Hall–Kier alpha value is -1.59. The molecule has 0 aliphatic rings. The van der Waals surface area contributed by atoms with Gasteiger partial charge in [-0.05, 0) is 17.7 Å². The minimum atomic E-state index is -0.231. The van der Waals surface area contributed by atoms with Crippen molar-refractivity contribution >= 4 is 5.91 Å². The molecule has 0 saturated heterocycles. The van der Waals surface area contributed by atoms with Gasteiger partial charge >= 0.3 is 0 Å². The number of rotatable bonds is 6. The van der Waals surface area contributed by atoms with E-state index in [1.54, 1.807) is 7.11 Å². The predicted molar refractivity (Wildman–Crippen MR) is 59.6 cm³/mol. The van der Waals surface area contributed by atoms with Gasteiger partial charge < -0.3 is 9.47 Å². The number of hydrogen-bond acceptors (Lipinski definition) is 4. The molecule has 3 N–H and O–H groups in total. The van der Waals surface area contributed by atoms with Gasteiger partial charge in [0.1, 0.15) is 5.75 Å². The molecule has 0 heterocycles. The second kappa shape index (κ2) is 6.81. The van der Waals surface area contributed by atoms with Crippen LogP contribution in [0.2, 0.25) is 0 Å². The van der Waals surface area contributed by atoms with Crippen LogP contribution in [0, 0.1) is 0 Å². The van der Waals surface area contributed by atoms with Gasteiger partial charge in [-0.3, -0.25) is 10.2 Å². The number of hydrogen-bond donors (Lipinski definition) is 2. The molecular weight excluding hydrogens is 208 g/mol. The molecule has 0 saturated carbocycles. The lowest BCUT2D eigenvalue weighted by atomic mass is 10.2. The largest absolute Gasteiger partial charge is 0.497 e. The predicted octanol–water partition coefficient (Wildman–Crippen LogP) is 0.592. The first-order valence-electron chi connectivity index (χ1n) is 4.96. The number of methoxy groups -OCH3 is 1. The lowest BCUT2D eigenvalue weighted by Crippen LogP contribution is -2.30. The maximum absolute atomic E-state index is 10.8. The van der Waals surface area contributed by atoms with Crippen LogP contribution in [0.5, 0.6) is 5.75 Å². The first-order chi connectivity index (χ1) is 7.76. The minimum Gasteiger partial charge on any atom is -0.497 e. The third-order valence-corrected chi connectivity index (χ3v) is 2.04. The molecule has 0 atom stereocenters. The van der Waals surface area contributed by atoms with Crippen molar-refractivity contribution in [3.63, 3.8) is 0 Å². The van der Waals surface area contributed by atoms with Crippen molar-refractivity contribution in [2.24, 2.45) is 5.84 Å². The Kier molecular flexibility index (Phi) is 5.31. The molecule has 1 aromatic carbocycles. The number of benzene rings is 1. The monoisotopic (exact) mass is 224 g/mol. The van der Waals surface area contributed by atoms with Crippen LogP contribution >= 0.6 is 0 Å². The average Bonchev–Trinajstić information content (AvgIpc) is 2.34. The molecule has 0 aliphatic carbocycles. The van der Waals surface area contributed by atoms with Crippen LogP contribution in [-0.4, -0.2) is 19.6 Å². The second-order valence-corrected chi connectivity index (χ2v) is 3.22. The SMILES string of the molecule is COc1cccc(COCCC(=O)NN)c1. The summed E-state index contributed by atoms with van der Waals surface area (Å²) < 4.78 is 10.4. The second-order valence-electron chi connectivity index (χ2n) is 3.22. The summed E-state index contributed by atoms with van der Waals surface area (Å²) in [6.07, 6.45) is 0.264. The lowest BCUT2D eigenvalue weighted by molar-refractivity contribution is -0.122. The summed E-state index contributed by atoms with van der Waals surface area (Å²) in [4.78, 5) is 10.8. The van der Waals surface area contributed by atoms with Crippen LogP contribution in [0.3, 0.4) is 0 Å². The van der Waals surface area contributed by atoms with Crippen LogP contribution in [0.4, 0.5) is 0 Å². The Morgan fingerprint density at radius 3 is 3.00 bits per heavy atom. The molecule has 0 fully saturated rings. The first-order valence-corrected chi connectivity index (χ1v) is 4.96. The number of ether oxygens (including phenoxy) is 2. The fourth-order valence-corrected chi connectivity index (χ4v) is 1.19. The lowest BCUT2D eigenvalue weighted by Gasteiger charge is -2.05. The van der Waals surface area contributed by atoms with Gasteiger partial charge in [-0.1, -0.05) is 12.1 Å². The van der Waals surface area contributed by atoms with E-state index in [4.69, 9.17) is 15.3 Å². The number of carbonyl (C=O) groups is 1. The standard InChI is InChI=1S/C11H16N2O3/c1-15-10-4-2-3-9(7-10)8-16-6-5-11(14)13-12/h2-4,7H,5-6,8,12H2,1H3,(H,13,14). The zero-order valence-electron chi connectivity index (χ0n) is 9.23. The maximum Gasteiger partial charge on any atom is 0.236 e. The smallest absolute Gasteiger partial charge is 0.236 e. The molecule has 16 heavy (non-hydrogen) atoms. The van der Waals surface area contributed by atoms with Gasteiger partial charge in [0.05, 0.1) is 26.7 Å². The van der Waals surface area contributed by atoms with E-state index in [0.717, 1.165) is 11.3 Å². The van der Waals surface area contributed by atoms with Gasteiger partial charge in [0.15, 0.2) is 0 Å². The van der Waals surface area contributed by atoms with Crippen LogP contribution in [0.25, 0.3) is 0 Å². The fourth-order valence-electron chi connectivity index (χ4n) is 1.19. The fraction of sp³-hybridized carbons (Fsp3) is 0.364. The first kappa shape index (κ1) is 12.5. The van der Waals surface area contributed by atoms with Crippen molar-refractivity contribution in [1.82, 2.24) is 5.43 Å². The number of nitrogens with two attached hydrogens (primary N) is 1. The molecule has 0 bridgehead atoms. The summed E-state index contributed by atoms with van der Waals surface area (Å²) in [7, 11) is 1.62. The Labute approximate surface area is 94.5 Å². The summed E-state index contributed by atoms with van der Waals surface area (Å²) in [6, 6.07) is 7.59. The Balaban J connectivity index is 2.28. The Morgan fingerprint density at radius 1 is 1.50 bits per heavy atom. The molecule has 0 aromatic heterocycles. The summed E-state index contributed by atoms with van der Waals surface area (Å²) in [6.45, 7) is 0.801. The third kappa shape index (κ3) is 4.29. The van der Waals surface area contributed by atoms with E-state index in [1.807, 2.05) is 29.7 Å². The third-order valence-electron chi connectivity index (χ3n) is 2.04. The van der Waals surface area contributed by atoms with E-state index in [1.165, 1.54) is 0 Å². The van der Waals surface area contributed by atoms with Crippen molar-refractivity contribution in [3.05, 3.63) is 29.8 Å². The van der Waals surface area contributed by atoms with Crippen LogP contribution in [0.1, 0.15) is 12.0 Å². The van der Waals surface area contributed by atoms with Gasteiger partial charge in [0, 0.05) is 0 Å². The molecular formula is C11H16N2O3. The Bertz CT molecular complexity index is 342. The number of amides is 1. The number of carbonyl (C=O) groups excluding carboxylic acids is 1. The molecule has 1 aromatic rings. The van der Waals surface area contributed by atoms with Gasteiger partial charge in [0.2, 0.25) is 5.91 Å². The highest BCUT2D eigenvalue weighted by molar-refractivity contribution is 5.75. The molecule has 5 nitrogen and oxygen atoms in total. The zero-order chi connectivity index (χ0) is 11.8. The molecule has 0 spiro atoms. The molecule has 88 valence electrons. The van der Waals surface area contributed by atoms with Crippen molar-refractivity contribution in [2.75, 3.05) is 13.7 Å². The molecule has 0 unspecified atom stereocenters. The average molecular weight is 224 g/mol. The topological polar surface area (TPSA) is 73.6 Å². The van der Waals surface area contributed by atoms with E-state index in [-0.39, 0.29) is 12.3 Å². The van der Waals surface area contributed by atoms with Gasteiger partial charge in [-0.15, -0.1) is 0 Å². The van der Waals surface area contributed by atoms with Crippen molar-refractivity contribution in [3.8, 4) is 5.75 Å². The Morgan fingerprint density at radius 2 is 2.31 bits per heavy atom. The summed E-state index contributed by atoms with van der Waals surface area (Å²) in [5, 5.41) is 0. The highest BCUT2D eigenvalue weighted by atomic mass is 16.5. The minimum absolute atomic E-state index is 0.231. The van der Waals surface area contributed by atoms with E-state index in [9.17, 15) is 4.79 Å². The zero-order valence-corrected chi connectivity index (χ0v) is 9.23. The summed E-state index contributed by atoms with van der Waals surface area (Å²) >= 11 is 0. The maximum atomic E-state index is 10.8. The van der Waals surface area contributed by atoms with Crippen molar-refractivity contribution in [1.29, 1.82) is 0 Å². The quantitative estimate of drug-likeness (QED) is 0.321. The van der Waals surface area contributed by atoms with Gasteiger partial charge in [0.25, 0.3) is 0 Å². The van der Waals surface area contributed by atoms with E-state index < -0.39 is 0 Å². The van der Waals surface area contributed by atoms with Crippen molar-refractivity contribution in [2.45, 2.75) is 13.0 Å². The normalized spacial score (nSPS) is 9.88. The molecule has 1 rings (SSSR count). The van der Waals surface area contributed by atoms with E-state index in [2.05, 4.69) is 0 Å². The molecule has 0 radical (unpaired) electrons. The molecule has 5 heteroatoms. The van der Waals surface area contributed by atoms with E-state index in [0.29, 0.717) is 13.2 Å². The highest BCUT2D eigenvalue weighted by Crippen LogP contribution is 2.13. The van der Waals surface area contributed by atoms with Gasteiger partial charge in [-0.25, -0.2) is 5.84 Å². The van der Waals surface area contributed by atoms with Crippen molar-refractivity contribution < 1.29 is 14.3 Å². The highest BCUT2D eigenvalue weighted by Gasteiger charge is 1.99. The number of hydrazine groups is 1. The van der Waals surface area contributed by atoms with Crippen LogP contribution < -0.4 is 16.0 Å². The van der Waals surface area contributed by atoms with Gasteiger partial charge in [-0.2, -0.15) is 0 Å². The number of nitrogens with one attached hydrogen (secondary N) is 1. The molecule has 0 aliphatic heterocycles.